The molecule has 2 atom stereocenters. The zero-order valence-electron chi connectivity index (χ0n) is 15.8. The minimum Gasteiger partial charge on any atom is -0.457 e. The van der Waals surface area contributed by atoms with Crippen LogP contribution >= 0.6 is 11.8 Å². The second-order valence-corrected chi connectivity index (χ2v) is 7.92. The van der Waals surface area contributed by atoms with Crippen LogP contribution in [0, 0.1) is 5.92 Å². The molecule has 146 valence electrons. The normalized spacial score (nSPS) is 16.3. The Labute approximate surface area is 173 Å². The van der Waals surface area contributed by atoms with Gasteiger partial charge in [0.2, 0.25) is 11.8 Å². The number of para-hydroxylation sites is 2. The predicted octanol–water partition coefficient (Wildman–Crippen LogP) is 5.17. The van der Waals surface area contributed by atoms with Crippen molar-refractivity contribution in [2.75, 3.05) is 10.6 Å². The van der Waals surface area contributed by atoms with Crippen LogP contribution in [0.25, 0.3) is 0 Å². The van der Waals surface area contributed by atoms with Crippen molar-refractivity contribution in [2.45, 2.75) is 17.1 Å². The number of hydrogen-bond donors (Lipinski definition) is 2. The lowest BCUT2D eigenvalue weighted by molar-refractivity contribution is -0.123. The van der Waals surface area contributed by atoms with Crippen molar-refractivity contribution in [2.24, 2.45) is 5.92 Å². The molecule has 0 saturated heterocycles. The summed E-state index contributed by atoms with van der Waals surface area (Å²) in [5, 5.41) is 5.29. The van der Waals surface area contributed by atoms with E-state index in [-0.39, 0.29) is 11.8 Å². The topological polar surface area (TPSA) is 67.4 Å². The summed E-state index contributed by atoms with van der Waals surface area (Å²) < 4.78 is 5.76. The number of fused-ring (bicyclic) bond motifs is 1. The molecule has 29 heavy (non-hydrogen) atoms. The van der Waals surface area contributed by atoms with Gasteiger partial charge >= 0.3 is 0 Å². The average Bonchev–Trinajstić information content (AvgIpc) is 2.75. The number of nitrogens with one attached hydrogen (secondary N) is 2. The molecule has 0 aromatic heterocycles. The number of benzene rings is 3. The summed E-state index contributed by atoms with van der Waals surface area (Å²) in [5.41, 5.74) is 1.45. The summed E-state index contributed by atoms with van der Waals surface area (Å²) in [6.45, 7) is 1.77. The highest BCUT2D eigenvalue weighted by Gasteiger charge is 2.35. The van der Waals surface area contributed by atoms with Gasteiger partial charge in [-0.15, -0.1) is 11.8 Å². The highest BCUT2D eigenvalue weighted by Crippen LogP contribution is 2.38. The van der Waals surface area contributed by atoms with Crippen molar-refractivity contribution in [3.8, 4) is 11.5 Å². The van der Waals surface area contributed by atoms with Gasteiger partial charge in [-0.05, 0) is 48.5 Å². The molecular weight excluding hydrogens is 384 g/mol. The second-order valence-electron chi connectivity index (χ2n) is 6.74. The van der Waals surface area contributed by atoms with Gasteiger partial charge in [0.1, 0.15) is 11.5 Å². The predicted molar refractivity (Wildman–Crippen MR) is 115 cm³/mol. The fourth-order valence-electron chi connectivity index (χ4n) is 3.02. The van der Waals surface area contributed by atoms with Gasteiger partial charge < -0.3 is 15.4 Å². The Morgan fingerprint density at radius 1 is 0.966 bits per heavy atom. The van der Waals surface area contributed by atoms with E-state index in [2.05, 4.69) is 10.6 Å². The molecule has 5 nitrogen and oxygen atoms in total. The number of rotatable bonds is 5. The molecule has 1 aliphatic heterocycles. The molecule has 0 fully saturated rings. The summed E-state index contributed by atoms with van der Waals surface area (Å²) in [6, 6.07) is 24.3. The highest BCUT2D eigenvalue weighted by atomic mass is 32.2. The van der Waals surface area contributed by atoms with Crippen LogP contribution in [0.5, 0.6) is 11.5 Å². The second kappa shape index (κ2) is 8.41. The molecule has 4 rings (SSSR count). The number of anilines is 2. The summed E-state index contributed by atoms with van der Waals surface area (Å²) in [5.74, 6) is 0.588. The summed E-state index contributed by atoms with van der Waals surface area (Å²) in [7, 11) is 0. The summed E-state index contributed by atoms with van der Waals surface area (Å²) >= 11 is 1.42. The largest absolute Gasteiger partial charge is 0.457 e. The average molecular weight is 404 g/mol. The van der Waals surface area contributed by atoms with Crippen LogP contribution < -0.4 is 15.4 Å². The first-order valence-electron chi connectivity index (χ1n) is 9.30. The van der Waals surface area contributed by atoms with Gasteiger partial charge in [-0.3, -0.25) is 9.59 Å². The van der Waals surface area contributed by atoms with Crippen molar-refractivity contribution in [3.05, 3.63) is 78.9 Å². The zero-order valence-corrected chi connectivity index (χ0v) is 16.6. The molecule has 0 bridgehead atoms. The number of amides is 2. The molecule has 6 heteroatoms. The molecule has 0 unspecified atom stereocenters. The van der Waals surface area contributed by atoms with Crippen LogP contribution in [0.1, 0.15) is 6.92 Å². The Balaban J connectivity index is 1.39. The monoisotopic (exact) mass is 404 g/mol. The lowest BCUT2D eigenvalue weighted by Crippen LogP contribution is -2.39. The van der Waals surface area contributed by atoms with Gasteiger partial charge in [-0.2, -0.15) is 0 Å². The zero-order chi connectivity index (χ0) is 20.2. The van der Waals surface area contributed by atoms with Gasteiger partial charge in [0.05, 0.1) is 16.9 Å². The van der Waals surface area contributed by atoms with Gasteiger partial charge in [-0.25, -0.2) is 0 Å². The van der Waals surface area contributed by atoms with Crippen molar-refractivity contribution in [3.63, 3.8) is 0 Å². The number of ether oxygens (including phenoxy) is 1. The minimum absolute atomic E-state index is 0.150. The van der Waals surface area contributed by atoms with E-state index in [9.17, 15) is 9.59 Å². The van der Waals surface area contributed by atoms with Gasteiger partial charge in [0.15, 0.2) is 0 Å². The smallest absolute Gasteiger partial charge is 0.238 e. The van der Waals surface area contributed by atoms with Crippen LogP contribution in [0.3, 0.4) is 0 Å². The fourth-order valence-corrected chi connectivity index (χ4v) is 4.19. The van der Waals surface area contributed by atoms with Crippen LogP contribution in [0.15, 0.2) is 83.8 Å². The molecule has 1 heterocycles. The maximum Gasteiger partial charge on any atom is 0.238 e. The Morgan fingerprint density at radius 2 is 1.62 bits per heavy atom. The number of hydrogen-bond acceptors (Lipinski definition) is 4. The van der Waals surface area contributed by atoms with E-state index in [1.807, 2.05) is 54.6 Å². The Kier molecular flexibility index (Phi) is 5.53. The van der Waals surface area contributed by atoms with Crippen molar-refractivity contribution < 1.29 is 14.3 Å². The van der Waals surface area contributed by atoms with E-state index < -0.39 is 11.2 Å². The molecule has 0 aliphatic carbocycles. The molecule has 0 spiro atoms. The van der Waals surface area contributed by atoms with Crippen LogP contribution in [-0.4, -0.2) is 17.1 Å². The Bertz CT molecular complexity index is 1020. The highest BCUT2D eigenvalue weighted by molar-refractivity contribution is 8.01. The van der Waals surface area contributed by atoms with E-state index >= 15 is 0 Å². The minimum atomic E-state index is -0.492. The first-order chi connectivity index (χ1) is 14.1. The van der Waals surface area contributed by atoms with Crippen molar-refractivity contribution in [1.29, 1.82) is 0 Å². The van der Waals surface area contributed by atoms with E-state index in [1.165, 1.54) is 11.8 Å². The third-order valence-electron chi connectivity index (χ3n) is 4.63. The third kappa shape index (κ3) is 4.43. The molecule has 0 saturated carbocycles. The molecular formula is C23H20N2O3S. The molecule has 1 aliphatic rings. The molecule has 0 radical (unpaired) electrons. The van der Waals surface area contributed by atoms with Crippen LogP contribution in [0.4, 0.5) is 11.4 Å². The SMILES string of the molecule is C[C@@H](C(=O)Nc1ccc(Oc2ccccc2)cc1)[C@H]1Sc2ccccc2NC1=O. The van der Waals surface area contributed by atoms with Crippen molar-refractivity contribution >= 4 is 35.0 Å². The van der Waals surface area contributed by atoms with Crippen LogP contribution in [-0.2, 0) is 9.59 Å². The summed E-state index contributed by atoms with van der Waals surface area (Å²) in [4.78, 5) is 26.1. The van der Waals surface area contributed by atoms with Crippen molar-refractivity contribution in [1.82, 2.24) is 0 Å². The maximum absolute atomic E-state index is 12.7. The standard InChI is InChI=1S/C23H20N2O3S/c1-15(21-23(27)25-19-9-5-6-10-20(19)29-21)22(26)24-16-11-13-18(14-12-16)28-17-7-3-2-4-8-17/h2-15,21H,1H3,(H,24,26)(H,25,27)/t15-,21-/m1/s1. The molecule has 3 aromatic rings. The third-order valence-corrected chi connectivity index (χ3v) is 6.11. The fraction of sp³-hybridized carbons (Fsp3) is 0.130. The molecule has 3 aromatic carbocycles. The van der Waals surface area contributed by atoms with E-state index in [1.54, 1.807) is 31.2 Å². The number of carbonyl (C=O) groups is 2. The van der Waals surface area contributed by atoms with Gasteiger partial charge in [-0.1, -0.05) is 37.3 Å². The lowest BCUT2D eigenvalue weighted by atomic mass is 10.1. The number of thioether (sulfide) groups is 1. The Hall–Kier alpha value is -3.25. The number of carbonyl (C=O) groups excluding carboxylic acids is 2. The van der Waals surface area contributed by atoms with E-state index in [4.69, 9.17) is 4.74 Å². The van der Waals surface area contributed by atoms with E-state index in [0.717, 1.165) is 16.3 Å². The molecule has 2 N–H and O–H groups in total. The quantitative estimate of drug-likeness (QED) is 0.616. The lowest BCUT2D eigenvalue weighted by Gasteiger charge is -2.27. The molecule has 2 amide bonds. The first-order valence-corrected chi connectivity index (χ1v) is 10.2. The van der Waals surface area contributed by atoms with E-state index in [0.29, 0.717) is 11.4 Å². The maximum atomic E-state index is 12.7. The first kappa shape index (κ1) is 19.1. The van der Waals surface area contributed by atoms with Crippen LogP contribution in [0.2, 0.25) is 0 Å². The Morgan fingerprint density at radius 3 is 2.38 bits per heavy atom. The van der Waals surface area contributed by atoms with Gasteiger partial charge in [0, 0.05) is 10.6 Å². The summed E-state index contributed by atoms with van der Waals surface area (Å²) in [6.07, 6.45) is 0. The van der Waals surface area contributed by atoms with Gasteiger partial charge in [0.25, 0.3) is 0 Å².